The second-order valence-electron chi connectivity index (χ2n) is 8.02. The van der Waals surface area contributed by atoms with Gasteiger partial charge in [-0.3, -0.25) is 14.4 Å². The highest BCUT2D eigenvalue weighted by Gasteiger charge is 2.28. The SMILES string of the molecule is Cc1ccc(CNC(=O)c2c(NC(=O)CCCC(=O)O)sc3c2CC[C@H](C)C3)cc1. The van der Waals surface area contributed by atoms with Crippen molar-refractivity contribution in [3.63, 3.8) is 0 Å². The van der Waals surface area contributed by atoms with Gasteiger partial charge in [0.1, 0.15) is 5.00 Å². The standard InChI is InChI=1S/C23H28N2O4S/c1-14-6-9-16(10-7-14)13-24-22(29)21-17-11-8-15(2)12-18(17)30-23(21)25-19(26)4-3-5-20(27)28/h6-7,9-10,15H,3-5,8,11-13H2,1-2H3,(H,24,29)(H,25,26)(H,27,28)/t15-/m0/s1. The molecule has 6 nitrogen and oxygen atoms in total. The fourth-order valence-electron chi connectivity index (χ4n) is 3.65. The minimum absolute atomic E-state index is 0.0459. The Morgan fingerprint density at radius 3 is 2.60 bits per heavy atom. The molecule has 7 heteroatoms. The predicted octanol–water partition coefficient (Wildman–Crippen LogP) is 4.30. The third kappa shape index (κ3) is 5.69. The van der Waals surface area contributed by atoms with E-state index in [1.165, 1.54) is 16.9 Å². The summed E-state index contributed by atoms with van der Waals surface area (Å²) < 4.78 is 0. The quantitative estimate of drug-likeness (QED) is 0.584. The van der Waals surface area contributed by atoms with Crippen LogP contribution in [0.25, 0.3) is 0 Å². The Morgan fingerprint density at radius 1 is 1.17 bits per heavy atom. The lowest BCUT2D eigenvalue weighted by molar-refractivity contribution is -0.137. The van der Waals surface area contributed by atoms with Crippen molar-refractivity contribution in [1.29, 1.82) is 0 Å². The Labute approximate surface area is 180 Å². The van der Waals surface area contributed by atoms with Gasteiger partial charge < -0.3 is 15.7 Å². The molecule has 1 aromatic carbocycles. The van der Waals surface area contributed by atoms with Crippen molar-refractivity contribution in [3.05, 3.63) is 51.4 Å². The average Bonchev–Trinajstić information content (AvgIpc) is 3.03. The Kier molecular flexibility index (Phi) is 7.26. The van der Waals surface area contributed by atoms with Crippen LogP contribution in [0, 0.1) is 12.8 Å². The first-order valence-electron chi connectivity index (χ1n) is 10.3. The number of hydrogen-bond acceptors (Lipinski definition) is 4. The molecule has 1 aliphatic carbocycles. The zero-order valence-electron chi connectivity index (χ0n) is 17.4. The van der Waals surface area contributed by atoms with Crippen LogP contribution in [0.4, 0.5) is 5.00 Å². The van der Waals surface area contributed by atoms with Crippen LogP contribution in [0.15, 0.2) is 24.3 Å². The van der Waals surface area contributed by atoms with Crippen LogP contribution in [0.2, 0.25) is 0 Å². The van der Waals surface area contributed by atoms with Gasteiger partial charge in [0.2, 0.25) is 5.91 Å². The monoisotopic (exact) mass is 428 g/mol. The van der Waals surface area contributed by atoms with E-state index in [0.717, 1.165) is 35.3 Å². The van der Waals surface area contributed by atoms with Crippen LogP contribution < -0.4 is 10.6 Å². The van der Waals surface area contributed by atoms with Crippen molar-refractivity contribution < 1.29 is 19.5 Å². The predicted molar refractivity (Wildman–Crippen MR) is 118 cm³/mol. The highest BCUT2D eigenvalue weighted by molar-refractivity contribution is 7.17. The number of rotatable bonds is 8. The van der Waals surface area contributed by atoms with E-state index in [1.807, 2.05) is 31.2 Å². The molecule has 3 N–H and O–H groups in total. The van der Waals surface area contributed by atoms with E-state index in [2.05, 4.69) is 17.6 Å². The lowest BCUT2D eigenvalue weighted by atomic mass is 9.88. The topological polar surface area (TPSA) is 95.5 Å². The molecule has 2 amide bonds. The van der Waals surface area contributed by atoms with Gasteiger partial charge in [0.15, 0.2) is 0 Å². The number of amides is 2. The maximum atomic E-state index is 13.1. The largest absolute Gasteiger partial charge is 0.481 e. The molecule has 2 aromatic rings. The lowest BCUT2D eigenvalue weighted by Crippen LogP contribution is -2.26. The summed E-state index contributed by atoms with van der Waals surface area (Å²) in [5.74, 6) is -0.794. The van der Waals surface area contributed by atoms with Crippen LogP contribution in [-0.4, -0.2) is 22.9 Å². The number of fused-ring (bicyclic) bond motifs is 1. The first-order valence-corrected chi connectivity index (χ1v) is 11.1. The van der Waals surface area contributed by atoms with Gasteiger partial charge >= 0.3 is 5.97 Å². The number of anilines is 1. The Hall–Kier alpha value is -2.67. The molecule has 0 saturated carbocycles. The zero-order valence-corrected chi connectivity index (χ0v) is 18.2. The summed E-state index contributed by atoms with van der Waals surface area (Å²) in [5, 5.41) is 15.2. The highest BCUT2D eigenvalue weighted by atomic mass is 32.1. The molecular formula is C23H28N2O4S. The summed E-state index contributed by atoms with van der Waals surface area (Å²) in [5.41, 5.74) is 3.80. The molecular weight excluding hydrogens is 400 g/mol. The van der Waals surface area contributed by atoms with E-state index in [9.17, 15) is 14.4 Å². The first-order chi connectivity index (χ1) is 14.3. The maximum absolute atomic E-state index is 13.1. The molecule has 160 valence electrons. The number of aliphatic carboxylic acids is 1. The van der Waals surface area contributed by atoms with Gasteiger partial charge in [-0.1, -0.05) is 36.8 Å². The minimum Gasteiger partial charge on any atom is -0.481 e. The van der Waals surface area contributed by atoms with Gasteiger partial charge in [0.25, 0.3) is 5.91 Å². The van der Waals surface area contributed by atoms with Crippen LogP contribution in [0.1, 0.15) is 64.5 Å². The molecule has 1 aliphatic rings. The molecule has 0 spiro atoms. The number of carbonyl (C=O) groups is 3. The summed E-state index contributed by atoms with van der Waals surface area (Å²) in [4.78, 5) is 37.2. The van der Waals surface area contributed by atoms with Gasteiger partial charge in [0, 0.05) is 24.3 Å². The fourth-order valence-corrected chi connectivity index (χ4v) is 5.07. The molecule has 1 aromatic heterocycles. The number of carboxylic acids is 1. The summed E-state index contributed by atoms with van der Waals surface area (Å²) in [6, 6.07) is 8.01. The zero-order chi connectivity index (χ0) is 21.7. The van der Waals surface area contributed by atoms with Crippen LogP contribution in [0.3, 0.4) is 0 Å². The second-order valence-corrected chi connectivity index (χ2v) is 9.12. The molecule has 30 heavy (non-hydrogen) atoms. The van der Waals surface area contributed by atoms with Gasteiger partial charge in [-0.15, -0.1) is 11.3 Å². The number of nitrogens with one attached hydrogen (secondary N) is 2. The summed E-state index contributed by atoms with van der Waals surface area (Å²) >= 11 is 1.48. The van der Waals surface area contributed by atoms with Crippen LogP contribution >= 0.6 is 11.3 Å². The molecule has 0 fully saturated rings. The van der Waals surface area contributed by atoms with E-state index >= 15 is 0 Å². The summed E-state index contributed by atoms with van der Waals surface area (Å²) in [6.45, 7) is 4.64. The number of aryl methyl sites for hydroxylation is 1. The van der Waals surface area contributed by atoms with E-state index < -0.39 is 5.97 Å². The highest BCUT2D eigenvalue weighted by Crippen LogP contribution is 2.39. The molecule has 1 heterocycles. The van der Waals surface area contributed by atoms with E-state index in [4.69, 9.17) is 5.11 Å². The third-order valence-electron chi connectivity index (χ3n) is 5.36. The normalized spacial score (nSPS) is 15.3. The van der Waals surface area contributed by atoms with Crippen molar-refractivity contribution in [3.8, 4) is 0 Å². The van der Waals surface area contributed by atoms with Crippen molar-refractivity contribution in [2.24, 2.45) is 5.92 Å². The van der Waals surface area contributed by atoms with Crippen molar-refractivity contribution >= 4 is 34.1 Å². The Balaban J connectivity index is 1.75. The molecule has 0 aliphatic heterocycles. The van der Waals surface area contributed by atoms with E-state index in [0.29, 0.717) is 23.0 Å². The van der Waals surface area contributed by atoms with Crippen molar-refractivity contribution in [2.45, 2.75) is 58.9 Å². The summed E-state index contributed by atoms with van der Waals surface area (Å²) in [6.07, 6.45) is 3.11. The number of carbonyl (C=O) groups excluding carboxylic acids is 2. The summed E-state index contributed by atoms with van der Waals surface area (Å²) in [7, 11) is 0. The first kappa shape index (κ1) is 22.0. The van der Waals surface area contributed by atoms with Gasteiger partial charge in [-0.05, 0) is 49.7 Å². The van der Waals surface area contributed by atoms with Gasteiger partial charge in [0.05, 0.1) is 5.56 Å². The lowest BCUT2D eigenvalue weighted by Gasteiger charge is -2.18. The van der Waals surface area contributed by atoms with Crippen LogP contribution in [-0.2, 0) is 29.0 Å². The second kappa shape index (κ2) is 9.89. The number of benzene rings is 1. The molecule has 3 rings (SSSR count). The van der Waals surface area contributed by atoms with E-state index in [1.54, 1.807) is 0 Å². The molecule has 1 atom stereocenters. The molecule has 0 unspecified atom stereocenters. The number of carboxylic acid groups (broad SMARTS) is 1. The fraction of sp³-hybridized carbons (Fsp3) is 0.435. The number of hydrogen-bond donors (Lipinski definition) is 3. The Morgan fingerprint density at radius 2 is 1.90 bits per heavy atom. The number of thiophene rings is 1. The minimum atomic E-state index is -0.917. The van der Waals surface area contributed by atoms with Gasteiger partial charge in [-0.2, -0.15) is 0 Å². The average molecular weight is 429 g/mol. The molecule has 0 saturated heterocycles. The van der Waals surface area contributed by atoms with Crippen LogP contribution in [0.5, 0.6) is 0 Å². The molecule has 0 bridgehead atoms. The Bertz CT molecular complexity index is 933. The van der Waals surface area contributed by atoms with Crippen molar-refractivity contribution in [2.75, 3.05) is 5.32 Å². The maximum Gasteiger partial charge on any atom is 0.303 e. The van der Waals surface area contributed by atoms with Crippen molar-refractivity contribution in [1.82, 2.24) is 5.32 Å². The smallest absolute Gasteiger partial charge is 0.303 e. The van der Waals surface area contributed by atoms with Gasteiger partial charge in [-0.25, -0.2) is 0 Å². The molecule has 0 radical (unpaired) electrons. The van der Waals surface area contributed by atoms with E-state index in [-0.39, 0.29) is 31.1 Å². The third-order valence-corrected chi connectivity index (χ3v) is 6.53.